The van der Waals surface area contributed by atoms with Gasteiger partial charge >= 0.3 is 0 Å². The monoisotopic (exact) mass is 338 g/mol. The molecule has 1 unspecified atom stereocenters. The molecule has 1 aromatic rings. The van der Waals surface area contributed by atoms with Gasteiger partial charge in [-0.2, -0.15) is 0 Å². The molecule has 2 heterocycles. The van der Waals surface area contributed by atoms with Crippen molar-refractivity contribution in [2.24, 2.45) is 0 Å². The molecule has 1 N–H and O–H groups in total. The Bertz CT molecular complexity index is 696. The highest BCUT2D eigenvalue weighted by Gasteiger charge is 2.25. The first-order valence-corrected chi connectivity index (χ1v) is 9.47. The molecular formula is C16H22N2O4S. The van der Waals surface area contributed by atoms with Crippen LogP contribution >= 0.6 is 0 Å². The lowest BCUT2D eigenvalue weighted by Crippen LogP contribution is -2.36. The molecular weight excluding hydrogens is 316 g/mol. The van der Waals surface area contributed by atoms with E-state index in [0.717, 1.165) is 11.1 Å². The van der Waals surface area contributed by atoms with E-state index in [2.05, 4.69) is 4.72 Å². The van der Waals surface area contributed by atoms with Gasteiger partial charge in [0.25, 0.3) is 0 Å². The van der Waals surface area contributed by atoms with Crippen molar-refractivity contribution in [1.29, 1.82) is 0 Å². The van der Waals surface area contributed by atoms with Crippen molar-refractivity contribution in [3.8, 4) is 0 Å². The molecule has 1 fully saturated rings. The van der Waals surface area contributed by atoms with Crippen LogP contribution in [0.4, 0.5) is 0 Å². The summed E-state index contributed by atoms with van der Waals surface area (Å²) in [4.78, 5) is 13.9. The fourth-order valence-electron chi connectivity index (χ4n) is 3.05. The van der Waals surface area contributed by atoms with Gasteiger partial charge in [-0.25, -0.2) is 13.1 Å². The highest BCUT2D eigenvalue weighted by atomic mass is 32.2. The van der Waals surface area contributed by atoms with Crippen molar-refractivity contribution in [1.82, 2.24) is 9.62 Å². The summed E-state index contributed by atoms with van der Waals surface area (Å²) in [5, 5.41) is 0. The Morgan fingerprint density at radius 1 is 1.39 bits per heavy atom. The third-order valence-electron chi connectivity index (χ3n) is 4.41. The fraction of sp³-hybridized carbons (Fsp3) is 0.562. The van der Waals surface area contributed by atoms with Crippen molar-refractivity contribution in [2.45, 2.75) is 43.7 Å². The molecule has 126 valence electrons. The summed E-state index contributed by atoms with van der Waals surface area (Å²) >= 11 is 0. The Balaban J connectivity index is 1.77. The minimum absolute atomic E-state index is 0.134. The molecule has 0 saturated carbocycles. The van der Waals surface area contributed by atoms with Crippen LogP contribution in [0.15, 0.2) is 23.1 Å². The Hall–Kier alpha value is -1.44. The van der Waals surface area contributed by atoms with E-state index in [4.69, 9.17) is 4.74 Å². The number of carbonyl (C=O) groups is 1. The van der Waals surface area contributed by atoms with Crippen molar-refractivity contribution in [2.75, 3.05) is 19.8 Å². The van der Waals surface area contributed by atoms with E-state index in [0.29, 0.717) is 50.5 Å². The average Bonchev–Trinajstić information content (AvgIpc) is 3.05. The molecule has 6 nitrogen and oxygen atoms in total. The Labute approximate surface area is 136 Å². The number of sulfonamides is 1. The van der Waals surface area contributed by atoms with Gasteiger partial charge in [-0.05, 0) is 36.1 Å². The second-order valence-corrected chi connectivity index (χ2v) is 7.75. The lowest BCUT2D eigenvalue weighted by molar-refractivity contribution is -0.131. The van der Waals surface area contributed by atoms with Crippen LogP contribution in [0.3, 0.4) is 0 Å². The maximum atomic E-state index is 12.5. The SMILES string of the molecule is CCC(=O)N1CCc2cc(S(=O)(=O)NC3CCOC3)ccc2C1. The Kier molecular flexibility index (Phi) is 4.70. The lowest BCUT2D eigenvalue weighted by Gasteiger charge is -2.29. The molecule has 1 aromatic carbocycles. The van der Waals surface area contributed by atoms with Crippen LogP contribution in [0.25, 0.3) is 0 Å². The van der Waals surface area contributed by atoms with E-state index in [-0.39, 0.29) is 11.9 Å². The highest BCUT2D eigenvalue weighted by molar-refractivity contribution is 7.89. The Morgan fingerprint density at radius 2 is 2.22 bits per heavy atom. The molecule has 3 rings (SSSR count). The van der Waals surface area contributed by atoms with Crippen LogP contribution in [0, 0.1) is 0 Å². The van der Waals surface area contributed by atoms with Gasteiger partial charge in [-0.3, -0.25) is 4.79 Å². The number of ether oxygens (including phenoxy) is 1. The van der Waals surface area contributed by atoms with Gasteiger partial charge in [0.2, 0.25) is 15.9 Å². The molecule has 0 bridgehead atoms. The third-order valence-corrected chi connectivity index (χ3v) is 5.93. The minimum atomic E-state index is -3.52. The molecule has 0 aliphatic carbocycles. The highest BCUT2D eigenvalue weighted by Crippen LogP contribution is 2.23. The normalized spacial score (nSPS) is 21.3. The lowest BCUT2D eigenvalue weighted by atomic mass is 10.00. The zero-order valence-corrected chi connectivity index (χ0v) is 14.1. The van der Waals surface area contributed by atoms with Gasteiger partial charge in [0, 0.05) is 32.2 Å². The number of rotatable bonds is 4. The molecule has 1 amide bonds. The molecule has 2 aliphatic heterocycles. The van der Waals surface area contributed by atoms with Crippen molar-refractivity contribution in [3.05, 3.63) is 29.3 Å². The molecule has 1 atom stereocenters. The third kappa shape index (κ3) is 3.57. The van der Waals surface area contributed by atoms with Crippen LogP contribution in [-0.4, -0.2) is 45.0 Å². The first-order chi connectivity index (χ1) is 11.0. The maximum Gasteiger partial charge on any atom is 0.240 e. The number of nitrogens with zero attached hydrogens (tertiary/aromatic N) is 1. The summed E-state index contributed by atoms with van der Waals surface area (Å²) in [6.45, 7) is 4.09. The van der Waals surface area contributed by atoms with E-state index in [9.17, 15) is 13.2 Å². The van der Waals surface area contributed by atoms with Crippen molar-refractivity contribution < 1.29 is 17.9 Å². The number of fused-ring (bicyclic) bond motifs is 1. The predicted molar refractivity (Wildman–Crippen MR) is 85.4 cm³/mol. The van der Waals surface area contributed by atoms with Crippen molar-refractivity contribution >= 4 is 15.9 Å². The predicted octanol–water partition coefficient (Wildman–Crippen LogP) is 1.05. The zero-order valence-electron chi connectivity index (χ0n) is 13.2. The average molecular weight is 338 g/mol. The summed E-state index contributed by atoms with van der Waals surface area (Å²) in [7, 11) is -3.52. The van der Waals surface area contributed by atoms with Gasteiger partial charge in [0.1, 0.15) is 0 Å². The summed E-state index contributed by atoms with van der Waals surface area (Å²) in [5.74, 6) is 0.134. The number of amides is 1. The minimum Gasteiger partial charge on any atom is -0.380 e. The molecule has 7 heteroatoms. The van der Waals surface area contributed by atoms with Crippen molar-refractivity contribution in [3.63, 3.8) is 0 Å². The number of carbonyl (C=O) groups excluding carboxylic acids is 1. The molecule has 1 saturated heterocycles. The topological polar surface area (TPSA) is 75.7 Å². The Morgan fingerprint density at radius 3 is 2.91 bits per heavy atom. The van der Waals surface area contributed by atoms with E-state index >= 15 is 0 Å². The fourth-order valence-corrected chi connectivity index (χ4v) is 4.35. The van der Waals surface area contributed by atoms with Gasteiger partial charge in [0.05, 0.1) is 11.5 Å². The van der Waals surface area contributed by atoms with E-state index in [1.807, 2.05) is 17.9 Å². The first kappa shape index (κ1) is 16.4. The summed E-state index contributed by atoms with van der Waals surface area (Å²) in [6, 6.07) is 5.04. The summed E-state index contributed by atoms with van der Waals surface area (Å²) < 4.78 is 32.8. The van der Waals surface area contributed by atoms with Crippen LogP contribution < -0.4 is 4.72 Å². The van der Waals surface area contributed by atoms with Crippen LogP contribution in [0.5, 0.6) is 0 Å². The number of hydrogen-bond acceptors (Lipinski definition) is 4. The van der Waals surface area contributed by atoms with E-state index in [1.54, 1.807) is 12.1 Å². The smallest absolute Gasteiger partial charge is 0.240 e. The molecule has 0 spiro atoms. The first-order valence-electron chi connectivity index (χ1n) is 7.99. The second kappa shape index (κ2) is 6.59. The quantitative estimate of drug-likeness (QED) is 0.890. The molecule has 2 aliphatic rings. The van der Waals surface area contributed by atoms with E-state index in [1.165, 1.54) is 0 Å². The van der Waals surface area contributed by atoms with Gasteiger partial charge < -0.3 is 9.64 Å². The summed E-state index contributed by atoms with van der Waals surface area (Å²) in [5.41, 5.74) is 2.04. The van der Waals surface area contributed by atoms with Gasteiger partial charge in [-0.1, -0.05) is 13.0 Å². The molecule has 23 heavy (non-hydrogen) atoms. The second-order valence-electron chi connectivity index (χ2n) is 6.03. The zero-order chi connectivity index (χ0) is 16.4. The molecule has 0 aromatic heterocycles. The maximum absolute atomic E-state index is 12.5. The van der Waals surface area contributed by atoms with Gasteiger partial charge in [0.15, 0.2) is 0 Å². The standard InChI is InChI=1S/C16H22N2O4S/c1-2-16(19)18-7-5-12-9-15(4-3-13(12)10-18)23(20,21)17-14-6-8-22-11-14/h3-4,9,14,17H,2,5-8,10-11H2,1H3. The number of benzene rings is 1. The van der Waals surface area contributed by atoms with Crippen LogP contribution in [-0.2, 0) is 32.5 Å². The molecule has 0 radical (unpaired) electrons. The summed E-state index contributed by atoms with van der Waals surface area (Å²) in [6.07, 6.45) is 1.89. The largest absolute Gasteiger partial charge is 0.380 e. The number of hydrogen-bond donors (Lipinski definition) is 1. The van der Waals surface area contributed by atoms with Gasteiger partial charge in [-0.15, -0.1) is 0 Å². The number of nitrogens with one attached hydrogen (secondary N) is 1. The van der Waals surface area contributed by atoms with Crippen LogP contribution in [0.1, 0.15) is 30.9 Å². The van der Waals surface area contributed by atoms with Crippen LogP contribution in [0.2, 0.25) is 0 Å². The van der Waals surface area contributed by atoms with E-state index < -0.39 is 10.0 Å².